The number of aliphatic carboxylic acids is 1. The molecule has 3 rings (SSSR count). The van der Waals surface area contributed by atoms with E-state index in [0.717, 1.165) is 30.4 Å². The van der Waals surface area contributed by atoms with Crippen LogP contribution in [0.2, 0.25) is 0 Å². The highest BCUT2D eigenvalue weighted by molar-refractivity contribution is 6.05. The SMILES string of the molecule is CC/C(=C/C(=O)Nc1ccccc1OCCCC(=O)O)c1ccc2c(ccn2C(CC(C)C)CC(C)C)c1. The molecule has 0 saturated carbocycles. The van der Waals surface area contributed by atoms with Gasteiger partial charge in [0.15, 0.2) is 0 Å². The number of anilines is 1. The first-order chi connectivity index (χ1) is 18.2. The number of para-hydroxylation sites is 2. The Bertz CT molecular complexity index is 1250. The minimum absolute atomic E-state index is 0.0426. The first kappa shape index (κ1) is 29.0. The fourth-order valence-electron chi connectivity index (χ4n) is 4.91. The number of carboxylic acid groups (broad SMARTS) is 1. The van der Waals surface area contributed by atoms with E-state index in [4.69, 9.17) is 9.84 Å². The van der Waals surface area contributed by atoms with Gasteiger partial charge in [0.1, 0.15) is 5.75 Å². The molecule has 2 N–H and O–H groups in total. The molecule has 38 heavy (non-hydrogen) atoms. The van der Waals surface area contributed by atoms with E-state index in [-0.39, 0.29) is 18.9 Å². The number of aromatic nitrogens is 1. The molecule has 1 amide bonds. The first-order valence-electron chi connectivity index (χ1n) is 13.7. The van der Waals surface area contributed by atoms with Crippen molar-refractivity contribution in [3.8, 4) is 5.75 Å². The lowest BCUT2D eigenvalue weighted by Crippen LogP contribution is -2.13. The van der Waals surface area contributed by atoms with Gasteiger partial charge in [0, 0.05) is 35.6 Å². The van der Waals surface area contributed by atoms with Gasteiger partial charge in [-0.3, -0.25) is 9.59 Å². The number of allylic oxidation sites excluding steroid dienone is 1. The van der Waals surface area contributed by atoms with E-state index in [1.165, 1.54) is 10.9 Å². The summed E-state index contributed by atoms with van der Waals surface area (Å²) in [6.45, 7) is 11.4. The summed E-state index contributed by atoms with van der Waals surface area (Å²) in [5.41, 5.74) is 3.79. The number of carbonyl (C=O) groups is 2. The van der Waals surface area contributed by atoms with Crippen LogP contribution in [0.5, 0.6) is 5.75 Å². The highest BCUT2D eigenvalue weighted by Gasteiger charge is 2.17. The molecule has 0 saturated heterocycles. The van der Waals surface area contributed by atoms with Crippen LogP contribution in [0.1, 0.15) is 78.3 Å². The quantitative estimate of drug-likeness (QED) is 0.168. The number of hydrogen-bond acceptors (Lipinski definition) is 3. The van der Waals surface area contributed by atoms with Crippen LogP contribution in [0.15, 0.2) is 60.8 Å². The molecule has 6 nitrogen and oxygen atoms in total. The van der Waals surface area contributed by atoms with E-state index in [2.05, 4.69) is 75.0 Å². The molecule has 0 radical (unpaired) electrons. The highest BCUT2D eigenvalue weighted by atomic mass is 16.5. The zero-order valence-corrected chi connectivity index (χ0v) is 23.4. The molecule has 0 spiro atoms. The van der Waals surface area contributed by atoms with Gasteiger partial charge in [0.2, 0.25) is 5.91 Å². The zero-order valence-electron chi connectivity index (χ0n) is 23.4. The number of amides is 1. The second-order valence-electron chi connectivity index (χ2n) is 10.8. The Hall–Kier alpha value is -3.54. The Labute approximate surface area is 226 Å². The minimum Gasteiger partial charge on any atom is -0.491 e. The molecular weight excluding hydrogens is 476 g/mol. The van der Waals surface area contributed by atoms with Crippen molar-refractivity contribution in [1.82, 2.24) is 4.57 Å². The summed E-state index contributed by atoms with van der Waals surface area (Å²) in [4.78, 5) is 23.7. The summed E-state index contributed by atoms with van der Waals surface area (Å²) in [7, 11) is 0. The predicted octanol–water partition coefficient (Wildman–Crippen LogP) is 7.95. The van der Waals surface area contributed by atoms with E-state index >= 15 is 0 Å². The van der Waals surface area contributed by atoms with Gasteiger partial charge in [-0.25, -0.2) is 0 Å². The average molecular weight is 519 g/mol. The summed E-state index contributed by atoms with van der Waals surface area (Å²) in [6.07, 6.45) is 7.32. The summed E-state index contributed by atoms with van der Waals surface area (Å²) < 4.78 is 8.15. The van der Waals surface area contributed by atoms with Crippen molar-refractivity contribution in [3.05, 3.63) is 66.4 Å². The van der Waals surface area contributed by atoms with Crippen LogP contribution in [0.3, 0.4) is 0 Å². The monoisotopic (exact) mass is 518 g/mol. The fraction of sp³-hybridized carbons (Fsp3) is 0.438. The number of rotatable bonds is 14. The Morgan fingerprint density at radius 3 is 2.39 bits per heavy atom. The molecular formula is C32H42N2O4. The molecule has 1 aromatic heterocycles. The molecule has 204 valence electrons. The van der Waals surface area contributed by atoms with Crippen LogP contribution in [0.25, 0.3) is 16.5 Å². The van der Waals surface area contributed by atoms with Crippen LogP contribution in [-0.2, 0) is 9.59 Å². The number of fused-ring (bicyclic) bond motifs is 1. The molecule has 0 aliphatic heterocycles. The maximum atomic E-state index is 13.0. The molecule has 2 aromatic carbocycles. The standard InChI is InChI=1S/C32H42N2O4/c1-6-24(21-31(35)33-28-10-7-8-11-30(28)38-17-9-12-32(36)37)25-13-14-29-26(20-25)15-16-34(29)27(18-22(2)3)19-23(4)5/h7-8,10-11,13-16,20-23,27H,6,9,12,17-19H2,1-5H3,(H,33,35)(H,36,37)/b24-21-. The summed E-state index contributed by atoms with van der Waals surface area (Å²) in [5.74, 6) is 0.703. The Morgan fingerprint density at radius 1 is 1.03 bits per heavy atom. The summed E-state index contributed by atoms with van der Waals surface area (Å²) >= 11 is 0. The molecule has 0 fully saturated rings. The van der Waals surface area contributed by atoms with Gasteiger partial charge in [-0.15, -0.1) is 0 Å². The van der Waals surface area contributed by atoms with E-state index in [1.54, 1.807) is 18.2 Å². The van der Waals surface area contributed by atoms with Gasteiger partial charge in [-0.05, 0) is 79.0 Å². The number of carboxylic acids is 1. The third kappa shape index (κ3) is 8.23. The third-order valence-corrected chi connectivity index (χ3v) is 6.60. The van der Waals surface area contributed by atoms with E-state index < -0.39 is 5.97 Å². The first-order valence-corrected chi connectivity index (χ1v) is 13.7. The lowest BCUT2D eigenvalue weighted by atomic mass is 9.95. The smallest absolute Gasteiger partial charge is 0.303 e. The fourth-order valence-corrected chi connectivity index (χ4v) is 4.91. The maximum absolute atomic E-state index is 13.0. The van der Waals surface area contributed by atoms with Crippen LogP contribution in [0, 0.1) is 11.8 Å². The van der Waals surface area contributed by atoms with Crippen molar-refractivity contribution in [3.63, 3.8) is 0 Å². The number of benzene rings is 2. The van der Waals surface area contributed by atoms with Gasteiger partial charge in [0.05, 0.1) is 12.3 Å². The molecule has 0 atom stereocenters. The zero-order chi connectivity index (χ0) is 27.7. The molecule has 0 unspecified atom stereocenters. The van der Waals surface area contributed by atoms with E-state index in [0.29, 0.717) is 35.7 Å². The Balaban J connectivity index is 1.77. The van der Waals surface area contributed by atoms with Crippen molar-refractivity contribution in [2.45, 2.75) is 72.8 Å². The average Bonchev–Trinajstić information content (AvgIpc) is 3.28. The molecule has 0 aliphatic rings. The number of hydrogen-bond donors (Lipinski definition) is 2. The van der Waals surface area contributed by atoms with Crippen LogP contribution in [0.4, 0.5) is 5.69 Å². The van der Waals surface area contributed by atoms with Crippen molar-refractivity contribution in [2.24, 2.45) is 11.8 Å². The highest BCUT2D eigenvalue weighted by Crippen LogP contribution is 2.32. The summed E-state index contributed by atoms with van der Waals surface area (Å²) in [5, 5.41) is 12.9. The lowest BCUT2D eigenvalue weighted by Gasteiger charge is -2.24. The number of carbonyl (C=O) groups excluding carboxylic acids is 1. The number of nitrogens with one attached hydrogen (secondary N) is 1. The van der Waals surface area contributed by atoms with Crippen molar-refractivity contribution in [2.75, 3.05) is 11.9 Å². The second kappa shape index (κ2) is 13.8. The Kier molecular flexibility index (Phi) is 10.6. The van der Waals surface area contributed by atoms with Gasteiger partial charge >= 0.3 is 5.97 Å². The van der Waals surface area contributed by atoms with E-state index in [1.807, 2.05) is 12.1 Å². The molecule has 6 heteroatoms. The van der Waals surface area contributed by atoms with Gasteiger partial charge in [-0.2, -0.15) is 0 Å². The summed E-state index contributed by atoms with van der Waals surface area (Å²) in [6, 6.07) is 16.3. The normalized spacial score (nSPS) is 12.1. The van der Waals surface area contributed by atoms with Crippen LogP contribution >= 0.6 is 0 Å². The van der Waals surface area contributed by atoms with Gasteiger partial charge in [-0.1, -0.05) is 52.8 Å². The molecule has 1 heterocycles. The van der Waals surface area contributed by atoms with Gasteiger partial charge < -0.3 is 19.7 Å². The van der Waals surface area contributed by atoms with Crippen LogP contribution in [-0.4, -0.2) is 28.2 Å². The predicted molar refractivity (Wildman–Crippen MR) is 156 cm³/mol. The lowest BCUT2D eigenvalue weighted by molar-refractivity contribution is -0.137. The Morgan fingerprint density at radius 2 is 1.74 bits per heavy atom. The van der Waals surface area contributed by atoms with E-state index in [9.17, 15) is 9.59 Å². The van der Waals surface area contributed by atoms with Crippen molar-refractivity contribution < 1.29 is 19.4 Å². The number of nitrogens with zero attached hydrogens (tertiary/aromatic N) is 1. The maximum Gasteiger partial charge on any atom is 0.303 e. The van der Waals surface area contributed by atoms with Crippen molar-refractivity contribution in [1.29, 1.82) is 0 Å². The number of ether oxygens (including phenoxy) is 1. The van der Waals surface area contributed by atoms with Crippen molar-refractivity contribution >= 4 is 34.0 Å². The minimum atomic E-state index is -0.854. The second-order valence-corrected chi connectivity index (χ2v) is 10.8. The third-order valence-electron chi connectivity index (χ3n) is 6.60. The van der Waals surface area contributed by atoms with Crippen LogP contribution < -0.4 is 10.1 Å². The molecule has 3 aromatic rings. The molecule has 0 bridgehead atoms. The largest absolute Gasteiger partial charge is 0.491 e. The topological polar surface area (TPSA) is 80.6 Å². The van der Waals surface area contributed by atoms with Gasteiger partial charge in [0.25, 0.3) is 0 Å². The molecule has 0 aliphatic carbocycles.